The highest BCUT2D eigenvalue weighted by Crippen LogP contribution is 2.21. The van der Waals surface area contributed by atoms with Crippen LogP contribution in [0.3, 0.4) is 0 Å². The summed E-state index contributed by atoms with van der Waals surface area (Å²) in [5.74, 6) is -0.119. The molecule has 0 bridgehead atoms. The average molecular weight is 393 g/mol. The molecular weight excluding hydrogens is 364 g/mol. The maximum atomic E-state index is 12.6. The summed E-state index contributed by atoms with van der Waals surface area (Å²) >= 11 is 0. The number of amides is 1. The van der Waals surface area contributed by atoms with Crippen molar-refractivity contribution in [3.63, 3.8) is 0 Å². The average Bonchev–Trinajstić information content (AvgIpc) is 2.71. The second-order valence-corrected chi connectivity index (χ2v) is 6.95. The minimum Gasteiger partial charge on any atom is -0.374 e. The van der Waals surface area contributed by atoms with Crippen molar-refractivity contribution in [3.8, 4) is 0 Å². The Morgan fingerprint density at radius 2 is 1.79 bits per heavy atom. The Morgan fingerprint density at radius 1 is 1.10 bits per heavy atom. The highest BCUT2D eigenvalue weighted by Gasteiger charge is 2.26. The van der Waals surface area contributed by atoms with Crippen molar-refractivity contribution in [2.75, 3.05) is 12.4 Å². The van der Waals surface area contributed by atoms with E-state index in [-0.39, 0.29) is 5.91 Å². The Morgan fingerprint density at radius 3 is 2.34 bits per heavy atom. The molecule has 0 aliphatic carbocycles. The van der Waals surface area contributed by atoms with Crippen LogP contribution < -0.4 is 16.0 Å². The first-order valence-corrected chi connectivity index (χ1v) is 9.49. The summed E-state index contributed by atoms with van der Waals surface area (Å²) in [6.07, 6.45) is 0.719. The van der Waals surface area contributed by atoms with Crippen molar-refractivity contribution in [1.29, 1.82) is 5.41 Å². The fourth-order valence-corrected chi connectivity index (χ4v) is 3.16. The lowest BCUT2D eigenvalue weighted by atomic mass is 9.90. The molecule has 0 heterocycles. The van der Waals surface area contributed by atoms with Gasteiger partial charge in [-0.2, -0.15) is 0 Å². The fraction of sp³-hybridized carbons (Fsp3) is 0.261. The quantitative estimate of drug-likeness (QED) is 0.388. The Kier molecular flexibility index (Phi) is 7.71. The van der Waals surface area contributed by atoms with Gasteiger partial charge in [-0.15, -0.1) is 0 Å². The summed E-state index contributed by atoms with van der Waals surface area (Å²) in [5, 5.41) is 17.4. The second kappa shape index (κ2) is 10.2. The first-order chi connectivity index (χ1) is 13.9. The van der Waals surface area contributed by atoms with Gasteiger partial charge in [0.15, 0.2) is 0 Å². The molecular formula is C23H28N4O2. The van der Waals surface area contributed by atoms with Crippen molar-refractivity contribution < 1.29 is 9.59 Å². The number of carbonyl (C=O) groups is 2. The van der Waals surface area contributed by atoms with Crippen LogP contribution in [0.5, 0.6) is 0 Å². The van der Waals surface area contributed by atoms with E-state index in [1.807, 2.05) is 50.2 Å². The maximum Gasteiger partial charge on any atom is 0.251 e. The van der Waals surface area contributed by atoms with Gasteiger partial charge in [-0.1, -0.05) is 42.8 Å². The molecule has 0 aromatic heterocycles. The maximum absolute atomic E-state index is 12.6. The third-order valence-electron chi connectivity index (χ3n) is 4.69. The largest absolute Gasteiger partial charge is 0.374 e. The van der Waals surface area contributed by atoms with Gasteiger partial charge < -0.3 is 26.2 Å². The molecule has 2 unspecified atom stereocenters. The lowest BCUT2D eigenvalue weighted by Gasteiger charge is -2.26. The van der Waals surface area contributed by atoms with Gasteiger partial charge in [-0.25, -0.2) is 0 Å². The SMILES string of the molecule is CN/C(Nc1ccccc1)=C(/C(C)=N)C(C)C(C=O)NC(=O)c1cccc(C)c1. The van der Waals surface area contributed by atoms with Crippen LogP contribution in [0.2, 0.25) is 0 Å². The Hall–Kier alpha value is -3.41. The lowest BCUT2D eigenvalue weighted by molar-refractivity contribution is -0.110. The summed E-state index contributed by atoms with van der Waals surface area (Å²) in [5.41, 5.74) is 3.25. The van der Waals surface area contributed by atoms with Gasteiger partial charge in [-0.3, -0.25) is 4.79 Å². The van der Waals surface area contributed by atoms with Crippen LogP contribution in [0, 0.1) is 18.3 Å². The Labute approximate surface area is 171 Å². The number of hydrogen-bond donors (Lipinski definition) is 4. The number of aryl methyl sites for hydroxylation is 1. The topological polar surface area (TPSA) is 94.1 Å². The predicted molar refractivity (Wildman–Crippen MR) is 117 cm³/mol. The van der Waals surface area contributed by atoms with Gasteiger partial charge in [0.2, 0.25) is 0 Å². The standard InChI is InChI=1S/C23H28N4O2/c1-15-9-8-10-18(13-15)23(29)27-20(14-28)16(2)21(17(3)24)22(25-4)26-19-11-6-5-7-12-19/h5-14,16,20,24-26H,1-4H3,(H,27,29)/b22-21-,24-17?. The summed E-state index contributed by atoms with van der Waals surface area (Å²) in [6.45, 7) is 5.40. The molecule has 2 aromatic rings. The molecule has 29 heavy (non-hydrogen) atoms. The first kappa shape index (κ1) is 21.9. The van der Waals surface area contributed by atoms with Crippen molar-refractivity contribution in [2.45, 2.75) is 26.8 Å². The smallest absolute Gasteiger partial charge is 0.251 e. The normalized spacial score (nSPS) is 13.5. The highest BCUT2D eigenvalue weighted by molar-refractivity contribution is 5.99. The summed E-state index contributed by atoms with van der Waals surface area (Å²) in [4.78, 5) is 24.5. The molecule has 0 aliphatic heterocycles. The van der Waals surface area contributed by atoms with Gasteiger partial charge in [0, 0.05) is 35.5 Å². The molecule has 4 N–H and O–H groups in total. The van der Waals surface area contributed by atoms with E-state index < -0.39 is 12.0 Å². The Bertz CT molecular complexity index is 906. The van der Waals surface area contributed by atoms with E-state index in [1.54, 1.807) is 32.2 Å². The van der Waals surface area contributed by atoms with Crippen LogP contribution in [-0.4, -0.2) is 31.0 Å². The van der Waals surface area contributed by atoms with E-state index in [2.05, 4.69) is 16.0 Å². The number of hydrogen-bond acceptors (Lipinski definition) is 5. The monoisotopic (exact) mass is 392 g/mol. The van der Waals surface area contributed by atoms with E-state index >= 15 is 0 Å². The summed E-state index contributed by atoms with van der Waals surface area (Å²) in [7, 11) is 1.75. The molecule has 2 rings (SSSR count). The highest BCUT2D eigenvalue weighted by atomic mass is 16.2. The van der Waals surface area contributed by atoms with Crippen LogP contribution >= 0.6 is 0 Å². The molecule has 0 spiro atoms. The van der Waals surface area contributed by atoms with Crippen LogP contribution in [0.4, 0.5) is 5.69 Å². The van der Waals surface area contributed by atoms with Gasteiger partial charge in [0.05, 0.1) is 6.04 Å². The summed E-state index contributed by atoms with van der Waals surface area (Å²) in [6, 6.07) is 16.0. The van der Waals surface area contributed by atoms with Crippen LogP contribution in [0.15, 0.2) is 66.0 Å². The molecule has 0 aliphatic rings. The minimum atomic E-state index is -0.778. The van der Waals surface area contributed by atoms with Crippen LogP contribution in [0.1, 0.15) is 29.8 Å². The molecule has 2 aromatic carbocycles. The number of nitrogens with one attached hydrogen (secondary N) is 4. The minimum absolute atomic E-state index is 0.307. The molecule has 0 saturated carbocycles. The second-order valence-electron chi connectivity index (χ2n) is 6.95. The number of aldehydes is 1. The summed E-state index contributed by atoms with van der Waals surface area (Å²) < 4.78 is 0. The lowest BCUT2D eigenvalue weighted by Crippen LogP contribution is -2.43. The Balaban J connectivity index is 2.30. The van der Waals surface area contributed by atoms with E-state index in [0.717, 1.165) is 17.5 Å². The molecule has 2 atom stereocenters. The number of benzene rings is 2. The zero-order valence-electron chi connectivity index (χ0n) is 17.2. The zero-order chi connectivity index (χ0) is 21.4. The number of anilines is 1. The van der Waals surface area contributed by atoms with Crippen LogP contribution in [-0.2, 0) is 4.79 Å². The molecule has 0 radical (unpaired) electrons. The molecule has 0 fully saturated rings. The molecule has 6 nitrogen and oxygen atoms in total. The third-order valence-corrected chi connectivity index (χ3v) is 4.69. The van der Waals surface area contributed by atoms with Crippen LogP contribution in [0.25, 0.3) is 0 Å². The van der Waals surface area contributed by atoms with Crippen molar-refractivity contribution in [1.82, 2.24) is 10.6 Å². The van der Waals surface area contributed by atoms with Crippen molar-refractivity contribution in [2.24, 2.45) is 5.92 Å². The van der Waals surface area contributed by atoms with Crippen molar-refractivity contribution >= 4 is 23.6 Å². The number of para-hydroxylation sites is 1. The van der Waals surface area contributed by atoms with E-state index in [4.69, 9.17) is 5.41 Å². The molecule has 0 saturated heterocycles. The number of rotatable bonds is 9. The predicted octanol–water partition coefficient (Wildman–Crippen LogP) is 3.51. The number of carbonyl (C=O) groups excluding carboxylic acids is 2. The first-order valence-electron chi connectivity index (χ1n) is 9.49. The fourth-order valence-electron chi connectivity index (χ4n) is 3.16. The van der Waals surface area contributed by atoms with E-state index in [1.165, 1.54) is 0 Å². The molecule has 152 valence electrons. The van der Waals surface area contributed by atoms with Gasteiger partial charge >= 0.3 is 0 Å². The third kappa shape index (κ3) is 5.78. The van der Waals surface area contributed by atoms with Crippen molar-refractivity contribution in [3.05, 3.63) is 77.1 Å². The van der Waals surface area contributed by atoms with E-state index in [0.29, 0.717) is 22.7 Å². The van der Waals surface area contributed by atoms with E-state index in [9.17, 15) is 9.59 Å². The molecule has 6 heteroatoms. The zero-order valence-corrected chi connectivity index (χ0v) is 17.2. The van der Waals surface area contributed by atoms with Gasteiger partial charge in [0.25, 0.3) is 5.91 Å². The molecule has 1 amide bonds. The van der Waals surface area contributed by atoms with Gasteiger partial charge in [-0.05, 0) is 38.1 Å². The van der Waals surface area contributed by atoms with Gasteiger partial charge in [0.1, 0.15) is 12.1 Å².